The Morgan fingerprint density at radius 2 is 2.00 bits per heavy atom. The fourth-order valence-electron chi connectivity index (χ4n) is 5.88. The number of alkyl carbamates (subject to hydrolysis) is 1. The molecule has 11 nitrogen and oxygen atoms in total. The predicted molar refractivity (Wildman–Crippen MR) is 142 cm³/mol. The summed E-state index contributed by atoms with van der Waals surface area (Å²) in [5.74, 6) is -0.561. The number of nitrogens with zero attached hydrogens (tertiary/aromatic N) is 4. The van der Waals surface area contributed by atoms with Crippen LogP contribution in [-0.4, -0.2) is 95.0 Å². The third kappa shape index (κ3) is 6.01. The Hall–Kier alpha value is -3.65. The van der Waals surface area contributed by atoms with E-state index in [0.29, 0.717) is 31.5 Å². The van der Waals surface area contributed by atoms with Crippen LogP contribution < -0.4 is 10.6 Å². The van der Waals surface area contributed by atoms with Crippen LogP contribution in [-0.2, 0) is 14.3 Å². The van der Waals surface area contributed by atoms with Crippen LogP contribution >= 0.6 is 0 Å². The zero-order chi connectivity index (χ0) is 28.5. The van der Waals surface area contributed by atoms with Gasteiger partial charge in [-0.2, -0.15) is 5.26 Å². The third-order valence-electron chi connectivity index (χ3n) is 7.68. The molecule has 3 heterocycles. The summed E-state index contributed by atoms with van der Waals surface area (Å²) in [6.07, 6.45) is 1.23. The second kappa shape index (κ2) is 11.2. The molecule has 2 bridgehead atoms. The Morgan fingerprint density at radius 1 is 1.26 bits per heavy atom. The zero-order valence-electron chi connectivity index (χ0n) is 23.3. The van der Waals surface area contributed by atoms with E-state index in [9.17, 15) is 24.4 Å². The maximum Gasteiger partial charge on any atom is 0.408 e. The molecule has 3 saturated heterocycles. The lowest BCUT2D eigenvalue weighted by molar-refractivity contribution is -0.141. The van der Waals surface area contributed by atoms with Crippen LogP contribution in [0.3, 0.4) is 0 Å². The number of amides is 4. The summed E-state index contributed by atoms with van der Waals surface area (Å²) in [6.45, 7) is 8.34. The highest BCUT2D eigenvalue weighted by atomic mass is 16.6. The van der Waals surface area contributed by atoms with E-state index < -0.39 is 29.8 Å². The van der Waals surface area contributed by atoms with Gasteiger partial charge in [0, 0.05) is 38.3 Å². The number of piperazine rings is 1. The number of nitriles is 1. The Labute approximate surface area is 229 Å². The van der Waals surface area contributed by atoms with Crippen molar-refractivity contribution in [1.29, 1.82) is 5.26 Å². The molecule has 4 rings (SSSR count). The number of likely N-dealkylation sites (tertiary alicyclic amines) is 3. The van der Waals surface area contributed by atoms with Crippen molar-refractivity contribution in [2.45, 2.75) is 82.8 Å². The van der Waals surface area contributed by atoms with Gasteiger partial charge in [0.05, 0.1) is 18.2 Å². The van der Waals surface area contributed by atoms with Gasteiger partial charge in [0.15, 0.2) is 0 Å². The molecule has 3 aliphatic heterocycles. The molecule has 2 N–H and O–H groups in total. The number of hydrogen-bond acceptors (Lipinski definition) is 7. The number of rotatable bonds is 7. The molecule has 3 aliphatic rings. The van der Waals surface area contributed by atoms with Crippen molar-refractivity contribution < 1.29 is 23.9 Å². The van der Waals surface area contributed by atoms with E-state index in [2.05, 4.69) is 16.7 Å². The molecule has 0 aromatic heterocycles. The maximum absolute atomic E-state index is 13.5. The summed E-state index contributed by atoms with van der Waals surface area (Å²) in [6, 6.07) is 7.27. The summed E-state index contributed by atoms with van der Waals surface area (Å²) >= 11 is 0. The normalized spacial score (nSPS) is 24.3. The van der Waals surface area contributed by atoms with Gasteiger partial charge in [0.2, 0.25) is 11.8 Å². The minimum atomic E-state index is -0.948. The molecule has 0 spiro atoms. The Morgan fingerprint density at radius 3 is 2.64 bits per heavy atom. The summed E-state index contributed by atoms with van der Waals surface area (Å²) in [5.41, 5.74) is 0.668. The van der Waals surface area contributed by atoms with Crippen LogP contribution in [0.25, 0.3) is 0 Å². The summed E-state index contributed by atoms with van der Waals surface area (Å²) in [4.78, 5) is 57.1. The first-order valence-electron chi connectivity index (χ1n) is 13.5. The summed E-state index contributed by atoms with van der Waals surface area (Å²) in [5, 5.41) is 14.8. The first-order chi connectivity index (χ1) is 18.4. The van der Waals surface area contributed by atoms with E-state index in [-0.39, 0.29) is 36.3 Å². The van der Waals surface area contributed by atoms with Gasteiger partial charge in [-0.1, -0.05) is 12.1 Å². The quantitative estimate of drug-likeness (QED) is 0.540. The van der Waals surface area contributed by atoms with E-state index in [1.807, 2.05) is 34.9 Å². The smallest absolute Gasteiger partial charge is 0.408 e. The van der Waals surface area contributed by atoms with E-state index in [1.165, 1.54) is 4.90 Å². The van der Waals surface area contributed by atoms with Gasteiger partial charge in [-0.3, -0.25) is 19.3 Å². The van der Waals surface area contributed by atoms with Crippen LogP contribution in [0, 0.1) is 11.3 Å². The molecule has 0 aliphatic carbocycles. The molecule has 4 unspecified atom stereocenters. The van der Waals surface area contributed by atoms with Gasteiger partial charge in [0.1, 0.15) is 17.7 Å². The minimum absolute atomic E-state index is 0.0383. The van der Waals surface area contributed by atoms with Crippen molar-refractivity contribution in [3.63, 3.8) is 0 Å². The molecule has 0 radical (unpaired) electrons. The zero-order valence-corrected chi connectivity index (χ0v) is 23.3. The molecule has 0 saturated carbocycles. The van der Waals surface area contributed by atoms with Gasteiger partial charge in [-0.15, -0.1) is 0 Å². The van der Waals surface area contributed by atoms with E-state index in [4.69, 9.17) is 4.74 Å². The largest absolute Gasteiger partial charge is 0.444 e. The average Bonchev–Trinajstić information content (AvgIpc) is 3.60. The van der Waals surface area contributed by atoms with E-state index >= 15 is 0 Å². The predicted octanol–water partition coefficient (Wildman–Crippen LogP) is 1.80. The van der Waals surface area contributed by atoms with E-state index in [0.717, 1.165) is 12.0 Å². The Balaban J connectivity index is 1.48. The lowest BCUT2D eigenvalue weighted by Gasteiger charge is -2.39. The van der Waals surface area contributed by atoms with Gasteiger partial charge < -0.3 is 25.2 Å². The fourth-order valence-corrected chi connectivity index (χ4v) is 5.88. The molecule has 11 heteroatoms. The lowest BCUT2D eigenvalue weighted by Crippen LogP contribution is -2.59. The number of carbonyl (C=O) groups excluding carboxylic acids is 4. The van der Waals surface area contributed by atoms with Crippen LogP contribution in [0.1, 0.15) is 68.9 Å². The van der Waals surface area contributed by atoms with Crippen molar-refractivity contribution in [3.05, 3.63) is 35.4 Å². The van der Waals surface area contributed by atoms with Crippen LogP contribution in [0.4, 0.5) is 4.79 Å². The monoisotopic (exact) mass is 538 g/mol. The highest BCUT2D eigenvalue weighted by Gasteiger charge is 2.52. The molecule has 1 aromatic rings. The molecule has 210 valence electrons. The summed E-state index contributed by atoms with van der Waals surface area (Å²) < 4.78 is 5.41. The van der Waals surface area contributed by atoms with Crippen molar-refractivity contribution in [2.75, 3.05) is 26.7 Å². The third-order valence-corrected chi connectivity index (χ3v) is 7.68. The van der Waals surface area contributed by atoms with Gasteiger partial charge >= 0.3 is 6.09 Å². The van der Waals surface area contributed by atoms with Crippen molar-refractivity contribution in [3.8, 4) is 6.07 Å². The Kier molecular flexibility index (Phi) is 8.16. The number of fused-ring (bicyclic) bond motifs is 2. The SMILES string of the molecule is CNC(=O)c1cccc(C(C)N2C(=O)C3C[C@H]2CN3CC(NC(=O)OC(C)(C)C)C(=O)N2CCCC2C#N)c1. The second-order valence-electron chi connectivity index (χ2n) is 11.5. The number of carbonyl (C=O) groups is 4. The molecular weight excluding hydrogens is 500 g/mol. The molecule has 3 fully saturated rings. The van der Waals surface area contributed by atoms with Crippen LogP contribution in [0.15, 0.2) is 24.3 Å². The number of hydrogen-bond donors (Lipinski definition) is 2. The maximum atomic E-state index is 13.5. The number of benzene rings is 1. The summed E-state index contributed by atoms with van der Waals surface area (Å²) in [7, 11) is 1.58. The molecule has 1 aromatic carbocycles. The molecule has 5 atom stereocenters. The molecule has 39 heavy (non-hydrogen) atoms. The highest BCUT2D eigenvalue weighted by Crippen LogP contribution is 2.38. The first kappa shape index (κ1) is 28.4. The van der Waals surface area contributed by atoms with Crippen molar-refractivity contribution in [2.24, 2.45) is 0 Å². The second-order valence-corrected chi connectivity index (χ2v) is 11.5. The number of ether oxygens (including phenoxy) is 1. The van der Waals surface area contributed by atoms with Crippen LogP contribution in [0.2, 0.25) is 0 Å². The first-order valence-corrected chi connectivity index (χ1v) is 13.5. The van der Waals surface area contributed by atoms with Gasteiger partial charge in [0.25, 0.3) is 5.91 Å². The average molecular weight is 539 g/mol. The Bertz CT molecular complexity index is 1170. The minimum Gasteiger partial charge on any atom is -0.444 e. The standard InChI is InChI=1S/C28H38N6O5/c1-17(18-8-6-9-19(12-18)24(35)30-5)34-21-13-23(26(34)37)32(15-21)16-22(31-27(38)39-28(2,3)4)25(36)33-11-7-10-20(33)14-29/h6,8-9,12,17,20-23H,7,10-11,13,15-16H2,1-5H3,(H,30,35)(H,31,38)/t17?,20?,21-,22?,23?/m0/s1. The lowest BCUT2D eigenvalue weighted by atomic mass is 10.0. The van der Waals surface area contributed by atoms with Crippen LogP contribution in [0.5, 0.6) is 0 Å². The van der Waals surface area contributed by atoms with Crippen molar-refractivity contribution in [1.82, 2.24) is 25.3 Å². The number of nitrogens with one attached hydrogen (secondary N) is 2. The van der Waals surface area contributed by atoms with Crippen molar-refractivity contribution >= 4 is 23.8 Å². The van der Waals surface area contributed by atoms with Gasteiger partial charge in [-0.05, 0) is 64.7 Å². The van der Waals surface area contributed by atoms with E-state index in [1.54, 1.807) is 33.9 Å². The topological polar surface area (TPSA) is 135 Å². The highest BCUT2D eigenvalue weighted by molar-refractivity contribution is 5.94. The molecule has 4 amide bonds. The molecular formula is C28H38N6O5. The fraction of sp³-hybridized carbons (Fsp3) is 0.607. The van der Waals surface area contributed by atoms with Gasteiger partial charge in [-0.25, -0.2) is 4.79 Å².